The van der Waals surface area contributed by atoms with E-state index in [0.29, 0.717) is 6.42 Å². The number of piperidine rings is 1. The summed E-state index contributed by atoms with van der Waals surface area (Å²) in [5, 5.41) is 0. The fourth-order valence-corrected chi connectivity index (χ4v) is 2.07. The number of carbonyl (C=O) groups is 1. The molecule has 0 saturated carbocycles. The number of carbonyl (C=O) groups excluding carboxylic acids is 1. The van der Waals surface area contributed by atoms with Crippen LogP contribution >= 0.6 is 0 Å². The van der Waals surface area contributed by atoms with E-state index in [0.717, 1.165) is 31.5 Å². The van der Waals surface area contributed by atoms with Crippen molar-refractivity contribution >= 4 is 5.91 Å². The topological polar surface area (TPSA) is 20.3 Å². The van der Waals surface area contributed by atoms with Crippen molar-refractivity contribution in [3.8, 4) is 0 Å². The van der Waals surface area contributed by atoms with Crippen LogP contribution in [-0.2, 0) is 4.79 Å². The number of hydrogen-bond donors (Lipinski definition) is 0. The molecule has 1 aromatic rings. The standard InChI is InChI=1S/C14H18NO/c16-14(15-11-5-2-6-12-15)10-9-13-7-3-1-4-8-13/h1,3-4,7-9H,2,5-6,10-12H2. The van der Waals surface area contributed by atoms with Crippen LogP contribution in [0, 0.1) is 6.42 Å². The second kappa shape index (κ2) is 5.69. The Hall–Kier alpha value is -1.31. The Morgan fingerprint density at radius 1 is 1.12 bits per heavy atom. The minimum atomic E-state index is 0.267. The zero-order valence-corrected chi connectivity index (χ0v) is 9.56. The Kier molecular flexibility index (Phi) is 3.97. The Labute approximate surface area is 97.3 Å². The van der Waals surface area contributed by atoms with E-state index in [1.165, 1.54) is 6.42 Å². The molecule has 1 saturated heterocycles. The molecule has 1 amide bonds. The van der Waals surface area contributed by atoms with Crippen LogP contribution in [0.1, 0.15) is 31.2 Å². The lowest BCUT2D eigenvalue weighted by Crippen LogP contribution is -2.35. The molecule has 85 valence electrons. The van der Waals surface area contributed by atoms with Crippen LogP contribution < -0.4 is 0 Å². The Morgan fingerprint density at radius 2 is 1.81 bits per heavy atom. The molecule has 1 radical (unpaired) electrons. The molecular weight excluding hydrogens is 198 g/mol. The van der Waals surface area contributed by atoms with Gasteiger partial charge in [0.1, 0.15) is 0 Å². The van der Waals surface area contributed by atoms with Gasteiger partial charge in [0.05, 0.1) is 0 Å². The Morgan fingerprint density at radius 3 is 2.50 bits per heavy atom. The van der Waals surface area contributed by atoms with E-state index in [9.17, 15) is 4.79 Å². The summed E-state index contributed by atoms with van der Waals surface area (Å²) in [7, 11) is 0. The first-order valence-corrected chi connectivity index (χ1v) is 6.02. The number of benzene rings is 1. The van der Waals surface area contributed by atoms with Gasteiger partial charge in [0.25, 0.3) is 0 Å². The predicted octanol–water partition coefficient (Wildman–Crippen LogP) is 2.64. The van der Waals surface area contributed by atoms with E-state index in [4.69, 9.17) is 0 Å². The van der Waals surface area contributed by atoms with Crippen molar-refractivity contribution in [2.24, 2.45) is 0 Å². The summed E-state index contributed by atoms with van der Waals surface area (Å²) in [5.74, 6) is 0.267. The maximum Gasteiger partial charge on any atom is 0.223 e. The van der Waals surface area contributed by atoms with Crippen LogP contribution in [0.3, 0.4) is 0 Å². The van der Waals surface area contributed by atoms with Crippen molar-refractivity contribution in [3.63, 3.8) is 0 Å². The molecule has 1 fully saturated rings. The Bertz CT molecular complexity index is 328. The molecule has 2 nitrogen and oxygen atoms in total. The third-order valence-corrected chi connectivity index (χ3v) is 3.02. The highest BCUT2D eigenvalue weighted by atomic mass is 16.2. The zero-order chi connectivity index (χ0) is 11.2. The molecule has 0 spiro atoms. The lowest BCUT2D eigenvalue weighted by Gasteiger charge is -2.26. The molecule has 0 bridgehead atoms. The van der Waals surface area contributed by atoms with Crippen LogP contribution in [0.4, 0.5) is 0 Å². The zero-order valence-electron chi connectivity index (χ0n) is 9.56. The average molecular weight is 216 g/mol. The molecular formula is C14H18NO. The fourth-order valence-electron chi connectivity index (χ4n) is 2.07. The number of hydrogen-bond acceptors (Lipinski definition) is 1. The van der Waals surface area contributed by atoms with Crippen LogP contribution in [0.25, 0.3) is 0 Å². The number of rotatable bonds is 3. The van der Waals surface area contributed by atoms with Crippen LogP contribution in [0.15, 0.2) is 30.3 Å². The predicted molar refractivity (Wildman–Crippen MR) is 64.9 cm³/mol. The summed E-state index contributed by atoms with van der Waals surface area (Å²) in [6.07, 6.45) is 6.14. The molecule has 1 aliphatic rings. The highest BCUT2D eigenvalue weighted by Gasteiger charge is 2.15. The molecule has 2 rings (SSSR count). The van der Waals surface area contributed by atoms with Gasteiger partial charge >= 0.3 is 0 Å². The van der Waals surface area contributed by atoms with Gasteiger partial charge in [-0.25, -0.2) is 0 Å². The van der Waals surface area contributed by atoms with E-state index in [-0.39, 0.29) is 5.91 Å². The van der Waals surface area contributed by atoms with Crippen molar-refractivity contribution < 1.29 is 4.79 Å². The number of nitrogens with zero attached hydrogens (tertiary/aromatic N) is 1. The highest BCUT2D eigenvalue weighted by molar-refractivity contribution is 5.78. The van der Waals surface area contributed by atoms with Gasteiger partial charge in [-0.15, -0.1) is 0 Å². The summed E-state index contributed by atoms with van der Waals surface area (Å²) >= 11 is 0. The minimum Gasteiger partial charge on any atom is -0.343 e. The third kappa shape index (κ3) is 3.09. The molecule has 0 atom stereocenters. The summed E-state index contributed by atoms with van der Waals surface area (Å²) in [6.45, 7) is 1.89. The molecule has 0 N–H and O–H groups in total. The largest absolute Gasteiger partial charge is 0.343 e. The molecule has 1 aliphatic heterocycles. The van der Waals surface area contributed by atoms with E-state index in [1.54, 1.807) is 0 Å². The van der Waals surface area contributed by atoms with Gasteiger partial charge in [0, 0.05) is 19.5 Å². The van der Waals surface area contributed by atoms with Gasteiger partial charge in [0.15, 0.2) is 0 Å². The first kappa shape index (κ1) is 11.2. The number of amides is 1. The van der Waals surface area contributed by atoms with Crippen molar-refractivity contribution in [1.82, 2.24) is 4.90 Å². The first-order chi connectivity index (χ1) is 7.86. The molecule has 0 aliphatic carbocycles. The Balaban J connectivity index is 1.79. The molecule has 0 aromatic heterocycles. The second-order valence-corrected chi connectivity index (χ2v) is 4.26. The third-order valence-electron chi connectivity index (χ3n) is 3.02. The normalized spacial score (nSPS) is 16.1. The summed E-state index contributed by atoms with van der Waals surface area (Å²) in [5.41, 5.74) is 1.13. The lowest BCUT2D eigenvalue weighted by atomic mass is 10.1. The van der Waals surface area contributed by atoms with Crippen LogP contribution in [0.2, 0.25) is 0 Å². The van der Waals surface area contributed by atoms with Crippen molar-refractivity contribution in [2.75, 3.05) is 13.1 Å². The fraction of sp³-hybridized carbons (Fsp3) is 0.429. The molecule has 2 heteroatoms. The van der Waals surface area contributed by atoms with Crippen molar-refractivity contribution in [2.45, 2.75) is 25.7 Å². The van der Waals surface area contributed by atoms with Crippen molar-refractivity contribution in [3.05, 3.63) is 42.3 Å². The molecule has 16 heavy (non-hydrogen) atoms. The average Bonchev–Trinajstić information content (AvgIpc) is 2.38. The lowest BCUT2D eigenvalue weighted by molar-refractivity contribution is -0.131. The SMILES string of the molecule is O=C(C[CH]c1ccccc1)N1CCCCC1. The quantitative estimate of drug-likeness (QED) is 0.760. The smallest absolute Gasteiger partial charge is 0.223 e. The van der Waals surface area contributed by atoms with E-state index >= 15 is 0 Å². The molecule has 1 aromatic carbocycles. The molecule has 1 heterocycles. The van der Waals surface area contributed by atoms with Crippen LogP contribution in [-0.4, -0.2) is 23.9 Å². The van der Waals surface area contributed by atoms with Gasteiger partial charge < -0.3 is 4.90 Å². The molecule has 0 unspecified atom stereocenters. The highest BCUT2D eigenvalue weighted by Crippen LogP contribution is 2.12. The first-order valence-electron chi connectivity index (χ1n) is 6.02. The van der Waals surface area contributed by atoms with E-state index in [1.807, 2.05) is 41.7 Å². The minimum absolute atomic E-state index is 0.267. The van der Waals surface area contributed by atoms with Gasteiger partial charge in [-0.2, -0.15) is 0 Å². The van der Waals surface area contributed by atoms with Gasteiger partial charge in [-0.05, 0) is 31.2 Å². The monoisotopic (exact) mass is 216 g/mol. The van der Waals surface area contributed by atoms with E-state index in [2.05, 4.69) is 0 Å². The maximum atomic E-state index is 11.9. The van der Waals surface area contributed by atoms with E-state index < -0.39 is 0 Å². The van der Waals surface area contributed by atoms with Gasteiger partial charge in [-0.3, -0.25) is 4.79 Å². The number of likely N-dealkylation sites (tertiary alicyclic amines) is 1. The maximum absolute atomic E-state index is 11.9. The van der Waals surface area contributed by atoms with Crippen LogP contribution in [0.5, 0.6) is 0 Å². The second-order valence-electron chi connectivity index (χ2n) is 4.26. The summed E-state index contributed by atoms with van der Waals surface area (Å²) in [4.78, 5) is 13.9. The summed E-state index contributed by atoms with van der Waals surface area (Å²) in [6, 6.07) is 10.0. The van der Waals surface area contributed by atoms with Gasteiger partial charge in [0.2, 0.25) is 5.91 Å². The van der Waals surface area contributed by atoms with Gasteiger partial charge in [-0.1, -0.05) is 30.3 Å². The summed E-state index contributed by atoms with van der Waals surface area (Å²) < 4.78 is 0. The van der Waals surface area contributed by atoms with Crippen molar-refractivity contribution in [1.29, 1.82) is 0 Å².